The number of para-hydroxylation sites is 1. The summed E-state index contributed by atoms with van der Waals surface area (Å²) >= 11 is 5.68. The van der Waals surface area contributed by atoms with Crippen LogP contribution in [0.25, 0.3) is 0 Å². The van der Waals surface area contributed by atoms with Gasteiger partial charge in [0.05, 0.1) is 10.6 Å². The Hall–Kier alpha value is -2.28. The second-order valence-corrected chi connectivity index (χ2v) is 4.40. The fourth-order valence-corrected chi connectivity index (χ4v) is 1.69. The van der Waals surface area contributed by atoms with E-state index in [1.54, 1.807) is 30.3 Å². The van der Waals surface area contributed by atoms with Crippen molar-refractivity contribution in [1.82, 2.24) is 4.98 Å². The molecule has 0 aliphatic heterocycles. The molecular weight excluding hydrogens is 307 g/mol. The molecule has 0 saturated heterocycles. The molecule has 1 aromatic carbocycles. The van der Waals surface area contributed by atoms with E-state index < -0.39 is 17.8 Å². The van der Waals surface area contributed by atoms with Crippen molar-refractivity contribution in [3.63, 3.8) is 0 Å². The number of amides is 2. The van der Waals surface area contributed by atoms with Crippen LogP contribution in [0.1, 0.15) is 5.56 Å². The highest BCUT2D eigenvalue weighted by molar-refractivity contribution is 6.33. The lowest BCUT2D eigenvalue weighted by Gasteiger charge is -2.10. The summed E-state index contributed by atoms with van der Waals surface area (Å²) in [5.41, 5.74) is -0.459. The maximum Gasteiger partial charge on any atom is 0.417 e. The Labute approximate surface area is 122 Å². The lowest BCUT2D eigenvalue weighted by molar-refractivity contribution is -0.137. The SMILES string of the molecule is O=C(Nc1ccccc1)Nc1ncc(C(F)(F)F)cc1Cl. The average molecular weight is 316 g/mol. The Kier molecular flexibility index (Phi) is 4.32. The third-order valence-electron chi connectivity index (χ3n) is 2.43. The van der Waals surface area contributed by atoms with Gasteiger partial charge in [-0.05, 0) is 18.2 Å². The smallest absolute Gasteiger partial charge is 0.308 e. The molecule has 0 radical (unpaired) electrons. The van der Waals surface area contributed by atoms with E-state index in [1.165, 1.54) is 0 Å². The van der Waals surface area contributed by atoms with E-state index in [1.807, 2.05) is 0 Å². The number of hydrogen-bond acceptors (Lipinski definition) is 2. The van der Waals surface area contributed by atoms with Crippen molar-refractivity contribution < 1.29 is 18.0 Å². The lowest BCUT2D eigenvalue weighted by Crippen LogP contribution is -2.20. The zero-order valence-electron chi connectivity index (χ0n) is 10.4. The molecule has 110 valence electrons. The number of anilines is 2. The van der Waals surface area contributed by atoms with Gasteiger partial charge in [-0.15, -0.1) is 0 Å². The Morgan fingerprint density at radius 1 is 1.14 bits per heavy atom. The van der Waals surface area contributed by atoms with Crippen molar-refractivity contribution in [2.24, 2.45) is 0 Å². The number of carbonyl (C=O) groups is 1. The van der Waals surface area contributed by atoms with Gasteiger partial charge in [-0.2, -0.15) is 13.2 Å². The highest BCUT2D eigenvalue weighted by atomic mass is 35.5. The van der Waals surface area contributed by atoms with Crippen LogP contribution in [0, 0.1) is 0 Å². The van der Waals surface area contributed by atoms with E-state index >= 15 is 0 Å². The van der Waals surface area contributed by atoms with E-state index in [-0.39, 0.29) is 10.8 Å². The number of benzene rings is 1. The molecule has 2 rings (SSSR count). The Morgan fingerprint density at radius 3 is 2.38 bits per heavy atom. The number of rotatable bonds is 2. The summed E-state index contributed by atoms with van der Waals surface area (Å²) in [6.07, 6.45) is -3.94. The molecule has 2 aromatic rings. The van der Waals surface area contributed by atoms with Crippen molar-refractivity contribution in [2.45, 2.75) is 6.18 Å². The van der Waals surface area contributed by atoms with Crippen LogP contribution in [0.2, 0.25) is 5.02 Å². The quantitative estimate of drug-likeness (QED) is 0.863. The van der Waals surface area contributed by atoms with Crippen molar-refractivity contribution in [1.29, 1.82) is 0 Å². The number of urea groups is 1. The minimum absolute atomic E-state index is 0.155. The summed E-state index contributed by atoms with van der Waals surface area (Å²) in [5.74, 6) is -0.155. The summed E-state index contributed by atoms with van der Waals surface area (Å²) < 4.78 is 37.4. The molecule has 2 amide bonds. The minimum atomic E-state index is -4.54. The first-order chi connectivity index (χ1) is 9.86. The number of pyridine rings is 1. The second kappa shape index (κ2) is 6.01. The number of nitrogens with one attached hydrogen (secondary N) is 2. The van der Waals surface area contributed by atoms with Gasteiger partial charge in [-0.25, -0.2) is 9.78 Å². The molecule has 0 bridgehead atoms. The van der Waals surface area contributed by atoms with Crippen molar-refractivity contribution in [3.05, 3.63) is 53.2 Å². The van der Waals surface area contributed by atoms with Gasteiger partial charge in [-0.1, -0.05) is 29.8 Å². The molecule has 0 saturated carbocycles. The molecule has 0 fully saturated rings. The average Bonchev–Trinajstić information content (AvgIpc) is 2.41. The van der Waals surface area contributed by atoms with Gasteiger partial charge in [0.1, 0.15) is 0 Å². The minimum Gasteiger partial charge on any atom is -0.308 e. The zero-order chi connectivity index (χ0) is 15.5. The number of alkyl halides is 3. The molecule has 0 atom stereocenters. The van der Waals surface area contributed by atoms with E-state index in [2.05, 4.69) is 15.6 Å². The standard InChI is InChI=1S/C13H9ClF3N3O/c14-10-6-8(13(15,16)17)7-18-11(10)20-12(21)19-9-4-2-1-3-5-9/h1-7H,(H2,18,19,20,21). The Morgan fingerprint density at radius 2 is 1.81 bits per heavy atom. The largest absolute Gasteiger partial charge is 0.417 e. The molecule has 0 spiro atoms. The normalized spacial score (nSPS) is 11.0. The van der Waals surface area contributed by atoms with E-state index in [4.69, 9.17) is 11.6 Å². The van der Waals surface area contributed by atoms with Gasteiger partial charge < -0.3 is 5.32 Å². The first kappa shape index (κ1) is 15.1. The predicted molar refractivity (Wildman–Crippen MR) is 73.3 cm³/mol. The van der Waals surface area contributed by atoms with Crippen LogP contribution < -0.4 is 10.6 Å². The monoisotopic (exact) mass is 315 g/mol. The molecule has 1 heterocycles. The molecule has 0 aliphatic rings. The maximum absolute atomic E-state index is 12.5. The second-order valence-electron chi connectivity index (χ2n) is 4.00. The lowest BCUT2D eigenvalue weighted by atomic mass is 10.3. The molecule has 8 heteroatoms. The van der Waals surface area contributed by atoms with Crippen LogP contribution in [0.15, 0.2) is 42.6 Å². The number of aromatic nitrogens is 1. The highest BCUT2D eigenvalue weighted by Gasteiger charge is 2.31. The first-order valence-corrected chi connectivity index (χ1v) is 6.10. The fourth-order valence-electron chi connectivity index (χ4n) is 1.48. The highest BCUT2D eigenvalue weighted by Crippen LogP contribution is 2.32. The molecule has 2 N–H and O–H groups in total. The summed E-state index contributed by atoms with van der Waals surface area (Å²) in [6.45, 7) is 0. The number of carbonyl (C=O) groups excluding carboxylic acids is 1. The summed E-state index contributed by atoms with van der Waals surface area (Å²) in [6, 6.07) is 8.57. The van der Waals surface area contributed by atoms with E-state index in [0.717, 1.165) is 0 Å². The van der Waals surface area contributed by atoms with Crippen molar-refractivity contribution in [2.75, 3.05) is 10.6 Å². The van der Waals surface area contributed by atoms with Gasteiger partial charge in [0.2, 0.25) is 0 Å². The van der Waals surface area contributed by atoms with Crippen LogP contribution in [-0.2, 0) is 6.18 Å². The van der Waals surface area contributed by atoms with Crippen LogP contribution >= 0.6 is 11.6 Å². The Bertz CT molecular complexity index is 647. The van der Waals surface area contributed by atoms with Crippen molar-refractivity contribution in [3.8, 4) is 0 Å². The third-order valence-corrected chi connectivity index (χ3v) is 2.72. The van der Waals surface area contributed by atoms with Gasteiger partial charge in [0.25, 0.3) is 0 Å². The fraction of sp³-hybridized carbons (Fsp3) is 0.0769. The molecule has 1 aromatic heterocycles. The summed E-state index contributed by atoms with van der Waals surface area (Å²) in [5, 5.41) is 4.47. The molecule has 21 heavy (non-hydrogen) atoms. The van der Waals surface area contributed by atoms with E-state index in [0.29, 0.717) is 18.0 Å². The molecular formula is C13H9ClF3N3O. The van der Waals surface area contributed by atoms with Crippen LogP contribution in [0.4, 0.5) is 29.5 Å². The van der Waals surface area contributed by atoms with Gasteiger partial charge in [0, 0.05) is 11.9 Å². The maximum atomic E-state index is 12.5. The molecule has 4 nitrogen and oxygen atoms in total. The van der Waals surface area contributed by atoms with Gasteiger partial charge in [0.15, 0.2) is 5.82 Å². The molecule has 0 aliphatic carbocycles. The van der Waals surface area contributed by atoms with Crippen LogP contribution in [0.3, 0.4) is 0 Å². The van der Waals surface area contributed by atoms with Crippen molar-refractivity contribution >= 4 is 29.1 Å². The van der Waals surface area contributed by atoms with Crippen LogP contribution in [-0.4, -0.2) is 11.0 Å². The number of nitrogens with zero attached hydrogens (tertiary/aromatic N) is 1. The number of halogens is 4. The van der Waals surface area contributed by atoms with Gasteiger partial charge >= 0.3 is 12.2 Å². The zero-order valence-corrected chi connectivity index (χ0v) is 11.2. The summed E-state index contributed by atoms with van der Waals surface area (Å²) in [7, 11) is 0. The Balaban J connectivity index is 2.08. The summed E-state index contributed by atoms with van der Waals surface area (Å²) in [4.78, 5) is 15.2. The topological polar surface area (TPSA) is 54.0 Å². The van der Waals surface area contributed by atoms with Gasteiger partial charge in [-0.3, -0.25) is 5.32 Å². The third kappa shape index (κ3) is 4.09. The van der Waals surface area contributed by atoms with Crippen LogP contribution in [0.5, 0.6) is 0 Å². The molecule has 0 unspecified atom stereocenters. The number of hydrogen-bond donors (Lipinski definition) is 2. The van der Waals surface area contributed by atoms with E-state index in [9.17, 15) is 18.0 Å². The predicted octanol–water partition coefficient (Wildman–Crippen LogP) is 4.40. The first-order valence-electron chi connectivity index (χ1n) is 5.72.